The lowest BCUT2D eigenvalue weighted by Crippen LogP contribution is -2.50. The first kappa shape index (κ1) is 12.6. The summed E-state index contributed by atoms with van der Waals surface area (Å²) >= 11 is 0. The van der Waals surface area contributed by atoms with Gasteiger partial charge in [-0.3, -0.25) is 14.8 Å². The van der Waals surface area contributed by atoms with Gasteiger partial charge in [-0.25, -0.2) is 0 Å². The molecule has 0 saturated heterocycles. The maximum Gasteiger partial charge on any atom is 0.240 e. The maximum atomic E-state index is 11.7. The Labute approximate surface area is 95.7 Å². The Hall–Kier alpha value is -1.49. The van der Waals surface area contributed by atoms with Gasteiger partial charge in [0, 0.05) is 6.20 Å². The lowest BCUT2D eigenvalue weighted by atomic mass is 10.1. The Morgan fingerprint density at radius 1 is 1.38 bits per heavy atom. The average Bonchev–Trinajstić information content (AvgIpc) is 2.28. The number of amides is 1. The molecule has 0 fully saturated rings. The average molecular weight is 222 g/mol. The third-order valence-electron chi connectivity index (χ3n) is 2.46. The molecule has 1 heterocycles. The largest absolute Gasteiger partial charge is 0.349 e. The van der Waals surface area contributed by atoms with Crippen molar-refractivity contribution in [3.63, 3.8) is 0 Å². The summed E-state index contributed by atoms with van der Waals surface area (Å²) in [5, 5.41) is 5.74. The summed E-state index contributed by atoms with van der Waals surface area (Å²) in [7, 11) is 1.76. The van der Waals surface area contributed by atoms with E-state index in [-0.39, 0.29) is 5.91 Å². The minimum absolute atomic E-state index is 0.0580. The number of hydrogen-bond acceptors (Lipinski definition) is 4. The van der Waals surface area contributed by atoms with E-state index < -0.39 is 5.54 Å². The van der Waals surface area contributed by atoms with Crippen LogP contribution in [0.15, 0.2) is 12.4 Å². The molecule has 88 valence electrons. The van der Waals surface area contributed by atoms with Crippen LogP contribution in [0.25, 0.3) is 0 Å². The fourth-order valence-electron chi connectivity index (χ4n) is 1.02. The lowest BCUT2D eigenvalue weighted by Gasteiger charge is -2.22. The highest BCUT2D eigenvalue weighted by atomic mass is 16.2. The SMILES string of the molecule is CNC(C)(C)C(=O)NCc1cnc(C)cn1. The first-order valence-electron chi connectivity index (χ1n) is 5.20. The summed E-state index contributed by atoms with van der Waals surface area (Å²) in [6.07, 6.45) is 3.35. The van der Waals surface area contributed by atoms with Gasteiger partial charge >= 0.3 is 0 Å². The summed E-state index contributed by atoms with van der Waals surface area (Å²) in [5.74, 6) is -0.0580. The molecular weight excluding hydrogens is 204 g/mol. The number of carbonyl (C=O) groups excluding carboxylic acids is 1. The number of aryl methyl sites for hydroxylation is 1. The van der Waals surface area contributed by atoms with E-state index in [2.05, 4.69) is 20.6 Å². The van der Waals surface area contributed by atoms with Gasteiger partial charge in [-0.1, -0.05) is 0 Å². The Morgan fingerprint density at radius 2 is 2.06 bits per heavy atom. The van der Waals surface area contributed by atoms with Crippen LogP contribution in [0.1, 0.15) is 25.2 Å². The molecular formula is C11H18N4O. The summed E-state index contributed by atoms with van der Waals surface area (Å²) in [4.78, 5) is 20.0. The molecule has 5 nitrogen and oxygen atoms in total. The van der Waals surface area contributed by atoms with Gasteiger partial charge < -0.3 is 10.6 Å². The molecule has 0 aliphatic heterocycles. The number of likely N-dealkylation sites (N-methyl/N-ethyl adjacent to an activating group) is 1. The van der Waals surface area contributed by atoms with Crippen LogP contribution in [0.4, 0.5) is 0 Å². The molecule has 0 spiro atoms. The molecule has 0 aliphatic carbocycles. The Kier molecular flexibility index (Phi) is 3.95. The minimum Gasteiger partial charge on any atom is -0.349 e. The fourth-order valence-corrected chi connectivity index (χ4v) is 1.02. The first-order valence-corrected chi connectivity index (χ1v) is 5.20. The standard InChI is InChI=1S/C11H18N4O/c1-8-5-14-9(6-13-8)7-15-10(16)11(2,3)12-4/h5-6,12H,7H2,1-4H3,(H,15,16). The quantitative estimate of drug-likeness (QED) is 0.774. The molecule has 0 radical (unpaired) electrons. The highest BCUT2D eigenvalue weighted by molar-refractivity contribution is 5.85. The normalized spacial score (nSPS) is 11.2. The predicted octanol–water partition coefficient (Wildman–Crippen LogP) is 0.399. The highest BCUT2D eigenvalue weighted by Crippen LogP contribution is 2.01. The van der Waals surface area contributed by atoms with Gasteiger partial charge in [0.05, 0.1) is 29.7 Å². The van der Waals surface area contributed by atoms with Crippen LogP contribution >= 0.6 is 0 Å². The number of nitrogens with zero attached hydrogens (tertiary/aromatic N) is 2. The van der Waals surface area contributed by atoms with Crippen LogP contribution in [-0.2, 0) is 11.3 Å². The number of rotatable bonds is 4. The van der Waals surface area contributed by atoms with Crippen molar-refractivity contribution >= 4 is 5.91 Å². The molecule has 0 unspecified atom stereocenters. The van der Waals surface area contributed by atoms with E-state index in [0.717, 1.165) is 11.4 Å². The van der Waals surface area contributed by atoms with Crippen molar-refractivity contribution in [1.29, 1.82) is 0 Å². The van der Waals surface area contributed by atoms with E-state index in [0.29, 0.717) is 6.54 Å². The van der Waals surface area contributed by atoms with Gasteiger partial charge in [0.1, 0.15) is 0 Å². The summed E-state index contributed by atoms with van der Waals surface area (Å²) in [5.41, 5.74) is 1.05. The van der Waals surface area contributed by atoms with Crippen LogP contribution in [0.5, 0.6) is 0 Å². The number of carbonyl (C=O) groups is 1. The van der Waals surface area contributed by atoms with E-state index in [1.807, 2.05) is 20.8 Å². The van der Waals surface area contributed by atoms with Crippen molar-refractivity contribution in [3.05, 3.63) is 23.8 Å². The summed E-state index contributed by atoms with van der Waals surface area (Å²) in [6, 6.07) is 0. The van der Waals surface area contributed by atoms with Gasteiger partial charge in [-0.15, -0.1) is 0 Å². The van der Waals surface area contributed by atoms with Crippen LogP contribution < -0.4 is 10.6 Å². The van der Waals surface area contributed by atoms with Crippen molar-refractivity contribution < 1.29 is 4.79 Å². The van der Waals surface area contributed by atoms with Gasteiger partial charge in [0.2, 0.25) is 5.91 Å². The lowest BCUT2D eigenvalue weighted by molar-refractivity contribution is -0.126. The predicted molar refractivity (Wildman–Crippen MR) is 61.8 cm³/mol. The molecule has 0 bridgehead atoms. The third-order valence-corrected chi connectivity index (χ3v) is 2.46. The number of nitrogens with one attached hydrogen (secondary N) is 2. The zero-order valence-electron chi connectivity index (χ0n) is 10.2. The fraction of sp³-hybridized carbons (Fsp3) is 0.545. The van der Waals surface area contributed by atoms with Crippen LogP contribution in [0, 0.1) is 6.92 Å². The molecule has 1 aromatic heterocycles. The molecule has 0 aromatic carbocycles. The number of aromatic nitrogens is 2. The highest BCUT2D eigenvalue weighted by Gasteiger charge is 2.24. The molecule has 1 aromatic rings. The van der Waals surface area contributed by atoms with Gasteiger partial charge in [0.15, 0.2) is 0 Å². The van der Waals surface area contributed by atoms with E-state index in [4.69, 9.17) is 0 Å². The summed E-state index contributed by atoms with van der Waals surface area (Å²) in [6.45, 7) is 5.92. The second-order valence-electron chi connectivity index (χ2n) is 4.21. The van der Waals surface area contributed by atoms with Crippen LogP contribution in [0.3, 0.4) is 0 Å². The zero-order chi connectivity index (χ0) is 12.2. The molecule has 0 saturated carbocycles. The first-order chi connectivity index (χ1) is 7.45. The zero-order valence-corrected chi connectivity index (χ0v) is 10.2. The Balaban J connectivity index is 2.52. The van der Waals surface area contributed by atoms with E-state index in [1.54, 1.807) is 19.4 Å². The minimum atomic E-state index is -0.571. The van der Waals surface area contributed by atoms with Gasteiger partial charge in [-0.2, -0.15) is 0 Å². The third kappa shape index (κ3) is 3.27. The second-order valence-corrected chi connectivity index (χ2v) is 4.21. The van der Waals surface area contributed by atoms with Gasteiger partial charge in [-0.05, 0) is 27.8 Å². The smallest absolute Gasteiger partial charge is 0.240 e. The van der Waals surface area contributed by atoms with Crippen LogP contribution in [-0.4, -0.2) is 28.5 Å². The van der Waals surface area contributed by atoms with Crippen molar-refractivity contribution in [3.8, 4) is 0 Å². The van der Waals surface area contributed by atoms with Crippen LogP contribution in [0.2, 0.25) is 0 Å². The van der Waals surface area contributed by atoms with Gasteiger partial charge in [0.25, 0.3) is 0 Å². The molecule has 1 rings (SSSR count). The molecule has 2 N–H and O–H groups in total. The van der Waals surface area contributed by atoms with Crippen molar-refractivity contribution in [1.82, 2.24) is 20.6 Å². The number of hydrogen-bond donors (Lipinski definition) is 2. The Bertz CT molecular complexity index is 359. The van der Waals surface area contributed by atoms with E-state index in [9.17, 15) is 4.79 Å². The monoisotopic (exact) mass is 222 g/mol. The molecule has 16 heavy (non-hydrogen) atoms. The topological polar surface area (TPSA) is 66.9 Å². The summed E-state index contributed by atoms with van der Waals surface area (Å²) < 4.78 is 0. The Morgan fingerprint density at radius 3 is 2.56 bits per heavy atom. The van der Waals surface area contributed by atoms with Crippen molar-refractivity contribution in [2.45, 2.75) is 32.9 Å². The second kappa shape index (κ2) is 5.03. The van der Waals surface area contributed by atoms with Crippen molar-refractivity contribution in [2.75, 3.05) is 7.05 Å². The molecule has 5 heteroatoms. The van der Waals surface area contributed by atoms with Crippen molar-refractivity contribution in [2.24, 2.45) is 0 Å². The molecule has 0 aliphatic rings. The molecule has 0 atom stereocenters. The molecule has 1 amide bonds. The maximum absolute atomic E-state index is 11.7. The van der Waals surface area contributed by atoms with E-state index in [1.165, 1.54) is 0 Å². The van der Waals surface area contributed by atoms with E-state index >= 15 is 0 Å².